The molecule has 0 bridgehead atoms. The number of para-hydroxylation sites is 1. The van der Waals surface area contributed by atoms with Crippen LogP contribution < -0.4 is 10.3 Å². The maximum absolute atomic E-state index is 12.5. The van der Waals surface area contributed by atoms with E-state index in [1.54, 1.807) is 13.1 Å². The minimum atomic E-state index is -0.111. The molecular weight excluding hydrogens is 360 g/mol. The van der Waals surface area contributed by atoms with Gasteiger partial charge in [-0.2, -0.15) is 0 Å². The molecule has 0 amide bonds. The van der Waals surface area contributed by atoms with Gasteiger partial charge in [-0.05, 0) is 36.4 Å². The number of aromatic nitrogens is 6. The van der Waals surface area contributed by atoms with E-state index in [1.165, 1.54) is 11.0 Å². The zero-order chi connectivity index (χ0) is 19.1. The molecule has 3 heterocycles. The lowest BCUT2D eigenvalue weighted by Crippen LogP contribution is -2.20. The molecular formula is C19H14N6O3. The average Bonchev–Trinajstić information content (AvgIpc) is 3.41. The molecule has 0 aliphatic carbocycles. The summed E-state index contributed by atoms with van der Waals surface area (Å²) < 4.78 is 14.4. The van der Waals surface area contributed by atoms with Crippen LogP contribution >= 0.6 is 0 Å². The lowest BCUT2D eigenvalue weighted by Gasteiger charge is -2.09. The summed E-state index contributed by atoms with van der Waals surface area (Å²) in [6.07, 6.45) is 1.29. The number of hydrogen-bond donors (Lipinski definition) is 0. The molecule has 3 aromatic heterocycles. The molecule has 5 aromatic rings. The van der Waals surface area contributed by atoms with E-state index in [2.05, 4.69) is 20.4 Å². The van der Waals surface area contributed by atoms with Crippen molar-refractivity contribution in [1.29, 1.82) is 0 Å². The molecule has 0 atom stereocenters. The van der Waals surface area contributed by atoms with Crippen molar-refractivity contribution in [3.63, 3.8) is 0 Å². The minimum absolute atomic E-state index is 0.111. The zero-order valence-electron chi connectivity index (χ0n) is 14.8. The largest absolute Gasteiger partial charge is 0.486 e. The molecule has 0 N–H and O–H groups in total. The second-order valence-corrected chi connectivity index (χ2v) is 6.19. The molecule has 0 aliphatic rings. The molecule has 0 unspecified atom stereocenters. The molecule has 0 radical (unpaired) electrons. The Balaban J connectivity index is 1.48. The van der Waals surface area contributed by atoms with Gasteiger partial charge in [0, 0.05) is 12.6 Å². The van der Waals surface area contributed by atoms with Crippen molar-refractivity contribution < 1.29 is 9.15 Å². The SMILES string of the molecule is Cn1c(=O)c2ccccc2n2c(COc3ccc(-c4nnco4)cc3)nnc12. The van der Waals surface area contributed by atoms with Crippen molar-refractivity contribution in [2.75, 3.05) is 0 Å². The summed E-state index contributed by atoms with van der Waals surface area (Å²) in [5.74, 6) is 2.17. The monoisotopic (exact) mass is 374 g/mol. The summed E-state index contributed by atoms with van der Waals surface area (Å²) in [7, 11) is 1.68. The first-order valence-corrected chi connectivity index (χ1v) is 8.53. The van der Waals surface area contributed by atoms with Crippen LogP contribution in [-0.4, -0.2) is 29.4 Å². The Morgan fingerprint density at radius 1 is 1.04 bits per heavy atom. The quantitative estimate of drug-likeness (QED) is 0.475. The van der Waals surface area contributed by atoms with E-state index in [1.807, 2.05) is 46.9 Å². The highest BCUT2D eigenvalue weighted by molar-refractivity contribution is 5.80. The van der Waals surface area contributed by atoms with Gasteiger partial charge in [0.2, 0.25) is 18.1 Å². The molecule has 138 valence electrons. The zero-order valence-corrected chi connectivity index (χ0v) is 14.8. The molecule has 28 heavy (non-hydrogen) atoms. The van der Waals surface area contributed by atoms with E-state index >= 15 is 0 Å². The van der Waals surface area contributed by atoms with Crippen molar-refractivity contribution in [2.45, 2.75) is 6.61 Å². The van der Waals surface area contributed by atoms with Gasteiger partial charge in [0.1, 0.15) is 12.4 Å². The van der Waals surface area contributed by atoms with Crippen LogP contribution in [0.2, 0.25) is 0 Å². The van der Waals surface area contributed by atoms with E-state index in [4.69, 9.17) is 9.15 Å². The van der Waals surface area contributed by atoms with Crippen molar-refractivity contribution in [1.82, 2.24) is 29.4 Å². The number of rotatable bonds is 4. The lowest BCUT2D eigenvalue weighted by atomic mass is 10.2. The molecule has 0 fully saturated rings. The van der Waals surface area contributed by atoms with Gasteiger partial charge in [0.05, 0.1) is 10.9 Å². The highest BCUT2D eigenvalue weighted by Gasteiger charge is 2.15. The van der Waals surface area contributed by atoms with E-state index in [0.717, 1.165) is 11.1 Å². The van der Waals surface area contributed by atoms with E-state index < -0.39 is 0 Å². The van der Waals surface area contributed by atoms with Crippen LogP contribution in [0.25, 0.3) is 28.1 Å². The standard InChI is InChI=1S/C19H14N6O3/c1-24-18(26)14-4-2-3-5-15(14)25-16(21-23-19(24)25)10-27-13-8-6-12(7-9-13)17-22-20-11-28-17/h2-9,11H,10H2,1H3. The van der Waals surface area contributed by atoms with Crippen LogP contribution in [0.4, 0.5) is 0 Å². The highest BCUT2D eigenvalue weighted by atomic mass is 16.5. The van der Waals surface area contributed by atoms with Gasteiger partial charge in [0.15, 0.2) is 5.82 Å². The number of fused-ring (bicyclic) bond motifs is 3. The summed E-state index contributed by atoms with van der Waals surface area (Å²) in [5, 5.41) is 16.5. The smallest absolute Gasteiger partial charge is 0.262 e. The van der Waals surface area contributed by atoms with Crippen LogP contribution in [0.1, 0.15) is 5.82 Å². The first-order chi connectivity index (χ1) is 13.7. The number of aryl methyl sites for hydroxylation is 1. The molecule has 9 heteroatoms. The predicted molar refractivity (Wildman–Crippen MR) is 99.8 cm³/mol. The van der Waals surface area contributed by atoms with Crippen molar-refractivity contribution >= 4 is 16.7 Å². The van der Waals surface area contributed by atoms with E-state index in [-0.39, 0.29) is 12.2 Å². The van der Waals surface area contributed by atoms with E-state index in [9.17, 15) is 4.79 Å². The molecule has 5 rings (SSSR count). The highest BCUT2D eigenvalue weighted by Crippen LogP contribution is 2.21. The second-order valence-electron chi connectivity index (χ2n) is 6.19. The molecule has 0 saturated heterocycles. The summed E-state index contributed by atoms with van der Waals surface area (Å²) in [5.41, 5.74) is 1.44. The predicted octanol–water partition coefficient (Wildman–Crippen LogP) is 2.21. The van der Waals surface area contributed by atoms with Crippen LogP contribution in [0.15, 0.2) is 64.1 Å². The number of hydrogen-bond acceptors (Lipinski definition) is 7. The maximum atomic E-state index is 12.5. The van der Waals surface area contributed by atoms with Gasteiger partial charge < -0.3 is 9.15 Å². The Hall–Kier alpha value is -4.01. The summed E-state index contributed by atoms with van der Waals surface area (Å²) in [6.45, 7) is 0.198. The van der Waals surface area contributed by atoms with Gasteiger partial charge in [-0.1, -0.05) is 12.1 Å². The second kappa shape index (κ2) is 6.31. The average molecular weight is 374 g/mol. The molecule has 2 aromatic carbocycles. The third kappa shape index (κ3) is 2.52. The Morgan fingerprint density at radius 3 is 2.64 bits per heavy atom. The molecule has 0 aliphatic heterocycles. The normalized spacial score (nSPS) is 11.3. The minimum Gasteiger partial charge on any atom is -0.486 e. The van der Waals surface area contributed by atoms with Gasteiger partial charge in [-0.15, -0.1) is 20.4 Å². The van der Waals surface area contributed by atoms with Crippen molar-refractivity contribution in [2.24, 2.45) is 7.05 Å². The van der Waals surface area contributed by atoms with Crippen molar-refractivity contribution in [3.05, 3.63) is 71.1 Å². The topological polar surface area (TPSA) is 100 Å². The Labute approximate surface area is 157 Å². The van der Waals surface area contributed by atoms with Gasteiger partial charge in [-0.25, -0.2) is 0 Å². The third-order valence-corrected chi connectivity index (χ3v) is 4.52. The van der Waals surface area contributed by atoms with Crippen LogP contribution in [0.5, 0.6) is 5.75 Å². The van der Waals surface area contributed by atoms with Crippen molar-refractivity contribution in [3.8, 4) is 17.2 Å². The molecule has 9 nitrogen and oxygen atoms in total. The fourth-order valence-corrected chi connectivity index (χ4v) is 3.13. The summed E-state index contributed by atoms with van der Waals surface area (Å²) in [6, 6.07) is 14.7. The Kier molecular flexibility index (Phi) is 3.64. The number of ether oxygens (including phenoxy) is 1. The van der Waals surface area contributed by atoms with Crippen LogP contribution in [0.3, 0.4) is 0 Å². The van der Waals surface area contributed by atoms with Crippen LogP contribution in [0, 0.1) is 0 Å². The van der Waals surface area contributed by atoms with Gasteiger partial charge in [0.25, 0.3) is 5.56 Å². The first kappa shape index (κ1) is 16.2. The van der Waals surface area contributed by atoms with E-state index in [0.29, 0.717) is 28.6 Å². The lowest BCUT2D eigenvalue weighted by molar-refractivity contribution is 0.295. The Morgan fingerprint density at radius 2 is 1.86 bits per heavy atom. The molecule has 0 saturated carbocycles. The molecule has 0 spiro atoms. The summed E-state index contributed by atoms with van der Waals surface area (Å²) in [4.78, 5) is 12.5. The number of nitrogens with zero attached hydrogens (tertiary/aromatic N) is 6. The van der Waals surface area contributed by atoms with Crippen LogP contribution in [-0.2, 0) is 13.7 Å². The third-order valence-electron chi connectivity index (χ3n) is 4.52. The fraction of sp³-hybridized carbons (Fsp3) is 0.105. The van der Waals surface area contributed by atoms with Gasteiger partial charge >= 0.3 is 0 Å². The first-order valence-electron chi connectivity index (χ1n) is 8.53. The Bertz CT molecular complexity index is 1340. The van der Waals surface area contributed by atoms with Gasteiger partial charge in [-0.3, -0.25) is 13.8 Å². The fourth-order valence-electron chi connectivity index (χ4n) is 3.13. The summed E-state index contributed by atoms with van der Waals surface area (Å²) >= 11 is 0. The number of benzene rings is 2. The maximum Gasteiger partial charge on any atom is 0.262 e.